The van der Waals surface area contributed by atoms with Crippen LogP contribution in [0.15, 0.2) is 0 Å². The number of nitrogens with one attached hydrogen (secondary N) is 2. The fourth-order valence-electron chi connectivity index (χ4n) is 2.41. The van der Waals surface area contributed by atoms with Crippen LogP contribution < -0.4 is 10.6 Å². The number of rotatable bonds is 7. The third-order valence-electron chi connectivity index (χ3n) is 3.54. The van der Waals surface area contributed by atoms with Gasteiger partial charge >= 0.3 is 12.0 Å². The van der Waals surface area contributed by atoms with Crippen LogP contribution in [0.25, 0.3) is 0 Å². The van der Waals surface area contributed by atoms with E-state index in [9.17, 15) is 9.59 Å². The van der Waals surface area contributed by atoms with E-state index in [4.69, 9.17) is 5.11 Å². The molecule has 20 heavy (non-hydrogen) atoms. The molecule has 1 aliphatic rings. The number of thioether (sulfide) groups is 2. The van der Waals surface area contributed by atoms with Gasteiger partial charge in [0.1, 0.15) is 6.04 Å². The lowest BCUT2D eigenvalue weighted by Crippen LogP contribution is -2.52. The summed E-state index contributed by atoms with van der Waals surface area (Å²) in [6, 6.07) is -1.02. The Morgan fingerprint density at radius 2 is 2.00 bits per heavy atom. The van der Waals surface area contributed by atoms with E-state index < -0.39 is 12.0 Å². The van der Waals surface area contributed by atoms with Crippen molar-refractivity contribution >= 4 is 35.5 Å². The Labute approximate surface area is 129 Å². The van der Waals surface area contributed by atoms with Crippen molar-refractivity contribution in [3.8, 4) is 0 Å². The molecule has 1 saturated carbocycles. The second-order valence-corrected chi connectivity index (χ2v) is 7.02. The van der Waals surface area contributed by atoms with Crippen LogP contribution in [0.1, 0.15) is 32.1 Å². The van der Waals surface area contributed by atoms with Gasteiger partial charge in [-0.2, -0.15) is 23.5 Å². The van der Waals surface area contributed by atoms with E-state index in [1.54, 1.807) is 23.5 Å². The number of hydrogen-bond acceptors (Lipinski definition) is 4. The molecule has 1 rings (SSSR count). The molecule has 0 radical (unpaired) electrons. The Balaban J connectivity index is 2.45. The van der Waals surface area contributed by atoms with Crippen LogP contribution in [0.4, 0.5) is 4.79 Å². The lowest BCUT2D eigenvalue weighted by Gasteiger charge is -2.31. The average Bonchev–Trinajstić information content (AvgIpc) is 2.43. The average molecular weight is 320 g/mol. The highest BCUT2D eigenvalue weighted by atomic mass is 32.2. The third-order valence-corrected chi connectivity index (χ3v) is 5.35. The predicted octanol–water partition coefficient (Wildman–Crippen LogP) is 2.17. The van der Waals surface area contributed by atoms with E-state index in [-0.39, 0.29) is 12.1 Å². The molecule has 3 unspecified atom stereocenters. The zero-order valence-corrected chi connectivity index (χ0v) is 13.7. The van der Waals surface area contributed by atoms with Gasteiger partial charge in [-0.3, -0.25) is 0 Å². The van der Waals surface area contributed by atoms with Crippen LogP contribution in [0.3, 0.4) is 0 Å². The normalized spacial score (nSPS) is 23.9. The van der Waals surface area contributed by atoms with Crippen molar-refractivity contribution < 1.29 is 14.7 Å². The first-order chi connectivity index (χ1) is 9.58. The maximum atomic E-state index is 11.9. The molecule has 0 saturated heterocycles. The Morgan fingerprint density at radius 1 is 1.30 bits per heavy atom. The number of carboxylic acids is 1. The van der Waals surface area contributed by atoms with Gasteiger partial charge in [0, 0.05) is 11.3 Å². The van der Waals surface area contributed by atoms with Crippen LogP contribution in [0.5, 0.6) is 0 Å². The molecule has 1 fully saturated rings. The molecule has 0 spiro atoms. The van der Waals surface area contributed by atoms with Crippen LogP contribution in [0, 0.1) is 0 Å². The van der Waals surface area contributed by atoms with Crippen molar-refractivity contribution in [2.24, 2.45) is 0 Å². The zero-order chi connectivity index (χ0) is 15.0. The Hall–Kier alpha value is -0.560. The molecule has 2 amide bonds. The molecular weight excluding hydrogens is 296 g/mol. The smallest absolute Gasteiger partial charge is 0.326 e. The minimum Gasteiger partial charge on any atom is -0.480 e. The minimum atomic E-state index is -0.973. The molecule has 0 aromatic carbocycles. The van der Waals surface area contributed by atoms with Gasteiger partial charge in [-0.05, 0) is 37.5 Å². The predicted molar refractivity (Wildman–Crippen MR) is 85.6 cm³/mol. The number of aliphatic carboxylic acids is 1. The van der Waals surface area contributed by atoms with Gasteiger partial charge in [0.2, 0.25) is 0 Å². The molecule has 0 heterocycles. The molecule has 7 heteroatoms. The van der Waals surface area contributed by atoms with Gasteiger partial charge in [0.25, 0.3) is 0 Å². The summed E-state index contributed by atoms with van der Waals surface area (Å²) in [7, 11) is 0. The number of carboxylic acid groups (broad SMARTS) is 1. The molecule has 0 bridgehead atoms. The molecule has 116 valence electrons. The van der Waals surface area contributed by atoms with Crippen molar-refractivity contribution in [1.82, 2.24) is 10.6 Å². The van der Waals surface area contributed by atoms with Gasteiger partial charge in [-0.25, -0.2) is 9.59 Å². The Kier molecular flexibility index (Phi) is 8.21. The number of carbonyl (C=O) groups is 2. The second kappa shape index (κ2) is 9.39. The van der Waals surface area contributed by atoms with E-state index in [2.05, 4.69) is 16.9 Å². The fraction of sp³-hybridized carbons (Fsp3) is 0.846. The molecule has 0 aromatic heterocycles. The van der Waals surface area contributed by atoms with Gasteiger partial charge in [0.15, 0.2) is 0 Å². The zero-order valence-electron chi connectivity index (χ0n) is 12.1. The summed E-state index contributed by atoms with van der Waals surface area (Å²) in [6.07, 6.45) is 8.84. The molecule has 0 aliphatic heterocycles. The number of amides is 2. The lowest BCUT2D eigenvalue weighted by molar-refractivity contribution is -0.139. The first-order valence-electron chi connectivity index (χ1n) is 6.90. The molecule has 5 nitrogen and oxygen atoms in total. The Bertz CT molecular complexity index is 329. The molecular formula is C13H24N2O3S2. The van der Waals surface area contributed by atoms with E-state index in [0.29, 0.717) is 17.4 Å². The van der Waals surface area contributed by atoms with Crippen LogP contribution >= 0.6 is 23.5 Å². The van der Waals surface area contributed by atoms with Crippen molar-refractivity contribution in [3.63, 3.8) is 0 Å². The van der Waals surface area contributed by atoms with E-state index in [1.165, 1.54) is 6.42 Å². The number of urea groups is 1. The minimum absolute atomic E-state index is 0.147. The second-order valence-electron chi connectivity index (χ2n) is 4.96. The summed E-state index contributed by atoms with van der Waals surface area (Å²) in [5, 5.41) is 15.0. The maximum absolute atomic E-state index is 11.9. The first kappa shape index (κ1) is 17.5. The largest absolute Gasteiger partial charge is 0.480 e. The highest BCUT2D eigenvalue weighted by molar-refractivity contribution is 7.99. The summed E-state index contributed by atoms with van der Waals surface area (Å²) < 4.78 is 0. The monoisotopic (exact) mass is 320 g/mol. The van der Waals surface area contributed by atoms with Crippen LogP contribution in [-0.4, -0.2) is 52.7 Å². The van der Waals surface area contributed by atoms with Crippen molar-refractivity contribution in [3.05, 3.63) is 0 Å². The van der Waals surface area contributed by atoms with Crippen LogP contribution in [0.2, 0.25) is 0 Å². The molecule has 0 aromatic rings. The molecule has 3 atom stereocenters. The third kappa shape index (κ3) is 5.83. The summed E-state index contributed by atoms with van der Waals surface area (Å²) >= 11 is 3.35. The van der Waals surface area contributed by atoms with E-state index in [1.807, 2.05) is 6.26 Å². The molecule has 1 aliphatic carbocycles. The summed E-state index contributed by atoms with van der Waals surface area (Å²) in [5.41, 5.74) is 0. The van der Waals surface area contributed by atoms with Gasteiger partial charge in [0.05, 0.1) is 0 Å². The fourth-order valence-corrected chi connectivity index (χ4v) is 3.81. The lowest BCUT2D eigenvalue weighted by atomic mass is 9.95. The standard InChI is InChI=1S/C13H24N2O3S2/c1-19-8-7-10(12(16)17)15-13(18)14-9-5-3-4-6-11(9)20-2/h9-11H,3-8H2,1-2H3,(H,16,17)(H2,14,15,18). The highest BCUT2D eigenvalue weighted by Gasteiger charge is 2.27. The number of carbonyl (C=O) groups excluding carboxylic acids is 1. The highest BCUT2D eigenvalue weighted by Crippen LogP contribution is 2.27. The Morgan fingerprint density at radius 3 is 2.60 bits per heavy atom. The van der Waals surface area contributed by atoms with Gasteiger partial charge < -0.3 is 15.7 Å². The van der Waals surface area contributed by atoms with Gasteiger partial charge in [-0.15, -0.1) is 0 Å². The summed E-state index contributed by atoms with van der Waals surface area (Å²) in [5.74, 6) is -0.257. The molecule has 3 N–H and O–H groups in total. The van der Waals surface area contributed by atoms with E-state index in [0.717, 1.165) is 19.3 Å². The summed E-state index contributed by atoms with van der Waals surface area (Å²) in [4.78, 5) is 23.0. The first-order valence-corrected chi connectivity index (χ1v) is 9.58. The maximum Gasteiger partial charge on any atom is 0.326 e. The van der Waals surface area contributed by atoms with Crippen LogP contribution in [-0.2, 0) is 4.79 Å². The topological polar surface area (TPSA) is 78.4 Å². The quantitative estimate of drug-likeness (QED) is 0.670. The summed E-state index contributed by atoms with van der Waals surface area (Å²) in [6.45, 7) is 0. The SMILES string of the molecule is CSCCC(NC(=O)NC1CCCCC1SC)C(=O)O. The van der Waals surface area contributed by atoms with E-state index >= 15 is 0 Å². The van der Waals surface area contributed by atoms with Gasteiger partial charge in [-0.1, -0.05) is 12.8 Å². The van der Waals surface area contributed by atoms with Crippen molar-refractivity contribution in [2.75, 3.05) is 18.3 Å². The van der Waals surface area contributed by atoms with Crippen molar-refractivity contribution in [2.45, 2.75) is 49.4 Å². The number of hydrogen-bond donors (Lipinski definition) is 3. The van der Waals surface area contributed by atoms with Crippen molar-refractivity contribution in [1.29, 1.82) is 0 Å².